The number of amides is 1. The number of piperazine rings is 1. The van der Waals surface area contributed by atoms with Crippen molar-refractivity contribution in [1.29, 1.82) is 0 Å². The van der Waals surface area contributed by atoms with E-state index in [9.17, 15) is 4.79 Å². The minimum absolute atomic E-state index is 0.352. The van der Waals surface area contributed by atoms with Gasteiger partial charge in [-0.3, -0.25) is 14.6 Å². The number of likely N-dealkylation sites (tertiary alicyclic amines) is 1. The predicted molar refractivity (Wildman–Crippen MR) is 107 cm³/mol. The summed E-state index contributed by atoms with van der Waals surface area (Å²) in [6, 6.07) is 10.6. The fraction of sp³-hybridized carbons (Fsp3) is 0.591. The molecule has 0 N–H and O–H groups in total. The molecular weight excluding hydrogens is 322 g/mol. The monoisotopic (exact) mass is 355 g/mol. The van der Waals surface area contributed by atoms with E-state index in [2.05, 4.69) is 51.6 Å². The summed E-state index contributed by atoms with van der Waals surface area (Å²) in [5.41, 5.74) is 1.36. The van der Waals surface area contributed by atoms with Gasteiger partial charge in [-0.25, -0.2) is 0 Å². The molecule has 0 saturated carbocycles. The highest BCUT2D eigenvalue weighted by Gasteiger charge is 2.23. The Morgan fingerprint density at radius 2 is 1.85 bits per heavy atom. The first-order valence-corrected chi connectivity index (χ1v) is 10.1. The Bertz CT molecular complexity index is 566. The Kier molecular flexibility index (Phi) is 7.27. The first kappa shape index (κ1) is 19.1. The van der Waals surface area contributed by atoms with Crippen LogP contribution in [0.25, 0.3) is 0 Å². The maximum Gasteiger partial charge on any atom is 0.222 e. The zero-order valence-corrected chi connectivity index (χ0v) is 16.0. The standard InChI is InChI=1S/C22H33N3O/c1-2-12-23-13-6-9-21(19-23)10-11-22(26)25-16-14-24(15-17-25)18-20-7-4-3-5-8-20/h2-5,7-8,21H,1,6,9-19H2/t21-/m0/s1. The molecule has 2 heterocycles. The molecule has 142 valence electrons. The third kappa shape index (κ3) is 5.68. The highest BCUT2D eigenvalue weighted by Crippen LogP contribution is 2.21. The molecule has 0 spiro atoms. The predicted octanol–water partition coefficient (Wildman–Crippen LogP) is 3.01. The molecule has 4 heteroatoms. The molecular formula is C22H33N3O. The molecule has 3 rings (SSSR count). The summed E-state index contributed by atoms with van der Waals surface area (Å²) in [7, 11) is 0. The van der Waals surface area contributed by atoms with Crippen molar-refractivity contribution in [3.05, 3.63) is 48.6 Å². The molecule has 4 nitrogen and oxygen atoms in total. The molecule has 2 aliphatic rings. The van der Waals surface area contributed by atoms with Crippen molar-refractivity contribution in [3.63, 3.8) is 0 Å². The average molecular weight is 356 g/mol. The molecule has 0 aliphatic carbocycles. The zero-order chi connectivity index (χ0) is 18.2. The van der Waals surface area contributed by atoms with E-state index in [0.29, 0.717) is 18.2 Å². The number of piperidine rings is 1. The summed E-state index contributed by atoms with van der Waals surface area (Å²) in [6.45, 7) is 11.8. The van der Waals surface area contributed by atoms with Gasteiger partial charge in [-0.15, -0.1) is 6.58 Å². The molecule has 1 amide bonds. The minimum atomic E-state index is 0.352. The van der Waals surface area contributed by atoms with Gasteiger partial charge in [-0.05, 0) is 37.3 Å². The second-order valence-electron chi connectivity index (χ2n) is 7.74. The Morgan fingerprint density at radius 1 is 1.08 bits per heavy atom. The van der Waals surface area contributed by atoms with Crippen LogP contribution in [0.4, 0.5) is 0 Å². The fourth-order valence-electron chi connectivity index (χ4n) is 4.22. The van der Waals surface area contributed by atoms with E-state index < -0.39 is 0 Å². The van der Waals surface area contributed by atoms with Crippen LogP contribution in [0.5, 0.6) is 0 Å². The quantitative estimate of drug-likeness (QED) is 0.704. The summed E-state index contributed by atoms with van der Waals surface area (Å²) in [4.78, 5) is 19.6. The average Bonchev–Trinajstić information content (AvgIpc) is 2.68. The molecule has 2 aliphatic heterocycles. The lowest BCUT2D eigenvalue weighted by atomic mass is 9.93. The van der Waals surface area contributed by atoms with Gasteiger partial charge in [0.2, 0.25) is 5.91 Å². The van der Waals surface area contributed by atoms with Gasteiger partial charge in [0.05, 0.1) is 0 Å². The highest BCUT2D eigenvalue weighted by atomic mass is 16.2. The Labute approximate surface area is 158 Å². The first-order valence-electron chi connectivity index (χ1n) is 10.1. The van der Waals surface area contributed by atoms with Crippen molar-refractivity contribution in [2.75, 3.05) is 45.8 Å². The van der Waals surface area contributed by atoms with E-state index in [4.69, 9.17) is 0 Å². The van der Waals surface area contributed by atoms with Crippen molar-refractivity contribution in [3.8, 4) is 0 Å². The van der Waals surface area contributed by atoms with Crippen LogP contribution >= 0.6 is 0 Å². The third-order valence-corrected chi connectivity index (χ3v) is 5.73. The summed E-state index contributed by atoms with van der Waals surface area (Å²) in [6.07, 6.45) is 6.26. The van der Waals surface area contributed by atoms with Crippen LogP contribution < -0.4 is 0 Å². The molecule has 0 unspecified atom stereocenters. The molecule has 1 atom stereocenters. The summed E-state index contributed by atoms with van der Waals surface area (Å²) in [5, 5.41) is 0. The minimum Gasteiger partial charge on any atom is -0.340 e. The Balaban J connectivity index is 1.36. The smallest absolute Gasteiger partial charge is 0.222 e. The molecule has 1 aromatic carbocycles. The van der Waals surface area contributed by atoms with Gasteiger partial charge in [0.1, 0.15) is 0 Å². The van der Waals surface area contributed by atoms with Crippen molar-refractivity contribution in [2.45, 2.75) is 32.2 Å². The number of carbonyl (C=O) groups excluding carboxylic acids is 1. The number of carbonyl (C=O) groups is 1. The number of nitrogens with zero attached hydrogens (tertiary/aromatic N) is 3. The van der Waals surface area contributed by atoms with Crippen molar-refractivity contribution < 1.29 is 4.79 Å². The van der Waals surface area contributed by atoms with E-state index in [0.717, 1.165) is 52.2 Å². The third-order valence-electron chi connectivity index (χ3n) is 5.73. The Morgan fingerprint density at radius 3 is 2.58 bits per heavy atom. The highest BCUT2D eigenvalue weighted by molar-refractivity contribution is 5.76. The van der Waals surface area contributed by atoms with Crippen molar-refractivity contribution >= 4 is 5.91 Å². The van der Waals surface area contributed by atoms with Gasteiger partial charge in [-0.1, -0.05) is 36.4 Å². The molecule has 0 radical (unpaired) electrons. The van der Waals surface area contributed by atoms with Crippen LogP contribution in [0.2, 0.25) is 0 Å². The van der Waals surface area contributed by atoms with Gasteiger partial charge >= 0.3 is 0 Å². The summed E-state index contributed by atoms with van der Waals surface area (Å²) < 4.78 is 0. The topological polar surface area (TPSA) is 26.8 Å². The Hall–Kier alpha value is -1.65. The second-order valence-corrected chi connectivity index (χ2v) is 7.74. The largest absolute Gasteiger partial charge is 0.340 e. The van der Waals surface area contributed by atoms with Gasteiger partial charge in [0.25, 0.3) is 0 Å². The van der Waals surface area contributed by atoms with E-state index in [1.165, 1.54) is 24.9 Å². The number of hydrogen-bond donors (Lipinski definition) is 0. The first-order chi connectivity index (χ1) is 12.7. The van der Waals surface area contributed by atoms with Crippen LogP contribution in [0.15, 0.2) is 43.0 Å². The molecule has 26 heavy (non-hydrogen) atoms. The van der Waals surface area contributed by atoms with Gasteiger partial charge in [-0.2, -0.15) is 0 Å². The number of rotatable bonds is 7. The van der Waals surface area contributed by atoms with Gasteiger partial charge < -0.3 is 4.90 Å². The number of hydrogen-bond acceptors (Lipinski definition) is 3. The number of benzene rings is 1. The molecule has 2 fully saturated rings. The van der Waals surface area contributed by atoms with E-state index in [1.807, 2.05) is 6.08 Å². The lowest BCUT2D eigenvalue weighted by Gasteiger charge is -2.35. The molecule has 1 aromatic rings. The van der Waals surface area contributed by atoms with Crippen LogP contribution in [0.1, 0.15) is 31.2 Å². The molecule has 0 bridgehead atoms. The van der Waals surface area contributed by atoms with Crippen LogP contribution in [0, 0.1) is 5.92 Å². The van der Waals surface area contributed by atoms with E-state index in [1.54, 1.807) is 0 Å². The zero-order valence-electron chi connectivity index (χ0n) is 16.0. The summed E-state index contributed by atoms with van der Waals surface area (Å²) >= 11 is 0. The van der Waals surface area contributed by atoms with Crippen molar-refractivity contribution in [1.82, 2.24) is 14.7 Å². The molecule has 2 saturated heterocycles. The van der Waals surface area contributed by atoms with Gasteiger partial charge in [0, 0.05) is 52.2 Å². The maximum atomic E-state index is 12.6. The van der Waals surface area contributed by atoms with Crippen molar-refractivity contribution in [2.24, 2.45) is 5.92 Å². The van der Waals surface area contributed by atoms with Crippen LogP contribution in [0.3, 0.4) is 0 Å². The summed E-state index contributed by atoms with van der Waals surface area (Å²) in [5.74, 6) is 1.03. The lowest BCUT2D eigenvalue weighted by molar-refractivity contribution is -0.133. The lowest BCUT2D eigenvalue weighted by Crippen LogP contribution is -2.48. The van der Waals surface area contributed by atoms with E-state index >= 15 is 0 Å². The fourth-order valence-corrected chi connectivity index (χ4v) is 4.22. The SMILES string of the molecule is C=CCN1CCC[C@@H](CCC(=O)N2CCN(Cc3ccccc3)CC2)C1. The maximum absolute atomic E-state index is 12.6. The molecule has 0 aromatic heterocycles. The van der Waals surface area contributed by atoms with Gasteiger partial charge in [0.15, 0.2) is 0 Å². The second kappa shape index (κ2) is 9.89. The van der Waals surface area contributed by atoms with E-state index in [-0.39, 0.29) is 0 Å². The normalized spacial score (nSPS) is 22.3. The van der Waals surface area contributed by atoms with Crippen LogP contribution in [-0.4, -0.2) is 66.4 Å². The van der Waals surface area contributed by atoms with Crippen LogP contribution in [-0.2, 0) is 11.3 Å².